The first kappa shape index (κ1) is 16.7. The number of carbonyl (C=O) groups excluding carboxylic acids is 1. The largest absolute Gasteiger partial charge is 0.493 e. The molecule has 0 aliphatic rings. The summed E-state index contributed by atoms with van der Waals surface area (Å²) in [5.74, 6) is 0.364. The van der Waals surface area contributed by atoms with E-state index in [9.17, 15) is 4.79 Å². The third-order valence-corrected chi connectivity index (χ3v) is 2.51. The van der Waals surface area contributed by atoms with Gasteiger partial charge in [0.2, 0.25) is 0 Å². The van der Waals surface area contributed by atoms with Crippen molar-refractivity contribution in [3.63, 3.8) is 0 Å². The molecule has 114 valence electrons. The fourth-order valence-electron chi connectivity index (χ4n) is 1.40. The molecule has 1 amide bonds. The minimum Gasteiger partial charge on any atom is -0.493 e. The number of primary amides is 1. The molecule has 0 saturated carbocycles. The molecule has 0 atom stereocenters. The molecule has 0 bridgehead atoms. The smallest absolute Gasteiger partial charge is 0.255 e. The Morgan fingerprint density at radius 1 is 1.48 bits per heavy atom. The summed E-state index contributed by atoms with van der Waals surface area (Å²) in [6.07, 6.45) is 1.59. The van der Waals surface area contributed by atoms with Crippen LogP contribution in [0, 0.1) is 0 Å². The van der Waals surface area contributed by atoms with Crippen LogP contribution in [0.25, 0.3) is 0 Å². The van der Waals surface area contributed by atoms with Gasteiger partial charge >= 0.3 is 0 Å². The molecule has 0 heterocycles. The minimum absolute atomic E-state index is 0.206. The SMILES string of the molecule is CCNC(=S)N/N=C\c1ccc(OCC(N)=O)c(OC)c1. The van der Waals surface area contributed by atoms with E-state index < -0.39 is 5.91 Å². The number of rotatable bonds is 7. The molecule has 21 heavy (non-hydrogen) atoms. The number of nitrogens with one attached hydrogen (secondary N) is 2. The summed E-state index contributed by atoms with van der Waals surface area (Å²) in [4.78, 5) is 10.7. The highest BCUT2D eigenvalue weighted by atomic mass is 32.1. The number of nitrogens with zero attached hydrogens (tertiary/aromatic N) is 1. The van der Waals surface area contributed by atoms with Crippen LogP contribution in [0.3, 0.4) is 0 Å². The van der Waals surface area contributed by atoms with Crippen molar-refractivity contribution in [3.8, 4) is 11.5 Å². The summed E-state index contributed by atoms with van der Waals surface area (Å²) >= 11 is 4.97. The Morgan fingerprint density at radius 2 is 2.24 bits per heavy atom. The second-order valence-corrected chi connectivity index (χ2v) is 4.30. The molecule has 0 aromatic heterocycles. The molecule has 0 fully saturated rings. The van der Waals surface area contributed by atoms with Crippen LogP contribution in [-0.2, 0) is 4.79 Å². The Hall–Kier alpha value is -2.35. The van der Waals surface area contributed by atoms with Gasteiger partial charge in [-0.05, 0) is 42.9 Å². The number of hydrogen-bond acceptors (Lipinski definition) is 5. The van der Waals surface area contributed by atoms with Crippen molar-refractivity contribution in [2.45, 2.75) is 6.92 Å². The third kappa shape index (κ3) is 6.09. The fraction of sp³-hybridized carbons (Fsp3) is 0.308. The van der Waals surface area contributed by atoms with Gasteiger partial charge in [-0.1, -0.05) is 0 Å². The summed E-state index contributed by atoms with van der Waals surface area (Å²) in [5.41, 5.74) is 8.49. The van der Waals surface area contributed by atoms with Crippen LogP contribution in [0.5, 0.6) is 11.5 Å². The highest BCUT2D eigenvalue weighted by Gasteiger charge is 2.06. The lowest BCUT2D eigenvalue weighted by Gasteiger charge is -2.09. The van der Waals surface area contributed by atoms with E-state index in [1.54, 1.807) is 24.4 Å². The topological polar surface area (TPSA) is 98.0 Å². The van der Waals surface area contributed by atoms with Gasteiger partial charge in [-0.2, -0.15) is 5.10 Å². The molecule has 7 nitrogen and oxygen atoms in total. The van der Waals surface area contributed by atoms with Crippen molar-refractivity contribution in [1.82, 2.24) is 10.7 Å². The van der Waals surface area contributed by atoms with Crippen LogP contribution < -0.4 is 25.9 Å². The minimum atomic E-state index is -0.552. The normalized spacial score (nSPS) is 10.2. The van der Waals surface area contributed by atoms with E-state index in [0.717, 1.165) is 12.1 Å². The molecule has 0 aliphatic heterocycles. The summed E-state index contributed by atoms with van der Waals surface area (Å²) < 4.78 is 10.4. The van der Waals surface area contributed by atoms with Crippen LogP contribution in [0.4, 0.5) is 0 Å². The van der Waals surface area contributed by atoms with Gasteiger partial charge in [-0.3, -0.25) is 10.2 Å². The number of hydrogen-bond donors (Lipinski definition) is 3. The molecule has 0 unspecified atom stereocenters. The van der Waals surface area contributed by atoms with Gasteiger partial charge in [-0.15, -0.1) is 0 Å². The van der Waals surface area contributed by atoms with Crippen molar-refractivity contribution < 1.29 is 14.3 Å². The standard InChI is InChI=1S/C13H18N4O3S/c1-3-15-13(21)17-16-7-9-4-5-10(11(6-9)19-2)20-8-12(14)18/h4-7H,3,8H2,1-2H3,(H2,14,18)(H2,15,17,21)/b16-7-. The predicted octanol–water partition coefficient (Wildman–Crippen LogP) is 0.377. The maximum atomic E-state index is 10.7. The quantitative estimate of drug-likeness (QED) is 0.382. The van der Waals surface area contributed by atoms with E-state index >= 15 is 0 Å². The van der Waals surface area contributed by atoms with E-state index in [-0.39, 0.29) is 6.61 Å². The zero-order valence-electron chi connectivity index (χ0n) is 11.9. The molecule has 0 aliphatic carbocycles. The predicted molar refractivity (Wildman–Crippen MR) is 84.7 cm³/mol. The van der Waals surface area contributed by atoms with Crippen LogP contribution >= 0.6 is 12.2 Å². The zero-order chi connectivity index (χ0) is 15.7. The number of ether oxygens (including phenoxy) is 2. The first-order valence-electron chi connectivity index (χ1n) is 6.22. The van der Waals surface area contributed by atoms with Crippen molar-refractivity contribution in [2.24, 2.45) is 10.8 Å². The number of methoxy groups -OCH3 is 1. The van der Waals surface area contributed by atoms with E-state index in [2.05, 4.69) is 15.8 Å². The van der Waals surface area contributed by atoms with Gasteiger partial charge < -0.3 is 20.5 Å². The van der Waals surface area contributed by atoms with Crippen LogP contribution in [0.1, 0.15) is 12.5 Å². The van der Waals surface area contributed by atoms with Crippen LogP contribution in [0.15, 0.2) is 23.3 Å². The lowest BCUT2D eigenvalue weighted by atomic mass is 10.2. The molecule has 0 saturated heterocycles. The van der Waals surface area contributed by atoms with E-state index in [1.807, 2.05) is 6.92 Å². The van der Waals surface area contributed by atoms with E-state index in [1.165, 1.54) is 7.11 Å². The number of hydrazone groups is 1. The van der Waals surface area contributed by atoms with Crippen LogP contribution in [-0.4, -0.2) is 37.5 Å². The maximum Gasteiger partial charge on any atom is 0.255 e. The van der Waals surface area contributed by atoms with E-state index in [4.69, 9.17) is 27.4 Å². The van der Waals surface area contributed by atoms with Gasteiger partial charge in [0.25, 0.3) is 5.91 Å². The molecule has 8 heteroatoms. The summed E-state index contributed by atoms with van der Waals surface area (Å²) in [7, 11) is 1.51. The van der Waals surface area contributed by atoms with E-state index in [0.29, 0.717) is 16.6 Å². The van der Waals surface area contributed by atoms with Gasteiger partial charge in [0.15, 0.2) is 23.2 Å². The highest BCUT2D eigenvalue weighted by Crippen LogP contribution is 2.27. The Balaban J connectivity index is 2.70. The molecule has 0 radical (unpaired) electrons. The van der Waals surface area contributed by atoms with Gasteiger partial charge in [-0.25, -0.2) is 0 Å². The summed E-state index contributed by atoms with van der Waals surface area (Å²) in [6, 6.07) is 5.16. The second-order valence-electron chi connectivity index (χ2n) is 3.89. The second kappa shape index (κ2) is 8.75. The monoisotopic (exact) mass is 310 g/mol. The molecule has 0 spiro atoms. The Bertz CT molecular complexity index is 534. The fourth-order valence-corrected chi connectivity index (χ4v) is 1.60. The van der Waals surface area contributed by atoms with Crippen molar-refractivity contribution in [1.29, 1.82) is 0 Å². The summed E-state index contributed by atoms with van der Waals surface area (Å²) in [6.45, 7) is 2.46. The average molecular weight is 310 g/mol. The number of carbonyl (C=O) groups is 1. The number of thiocarbonyl (C=S) groups is 1. The maximum absolute atomic E-state index is 10.7. The van der Waals surface area contributed by atoms with Gasteiger partial charge in [0.05, 0.1) is 13.3 Å². The molecule has 1 rings (SSSR count). The van der Waals surface area contributed by atoms with Crippen molar-refractivity contribution in [3.05, 3.63) is 23.8 Å². The molecular weight excluding hydrogens is 292 g/mol. The first-order chi connectivity index (χ1) is 10.1. The Kier molecular flexibility index (Phi) is 6.96. The van der Waals surface area contributed by atoms with Crippen LogP contribution in [0.2, 0.25) is 0 Å². The van der Waals surface area contributed by atoms with Gasteiger partial charge in [0.1, 0.15) is 0 Å². The average Bonchev–Trinajstić information content (AvgIpc) is 2.45. The Morgan fingerprint density at radius 3 is 2.86 bits per heavy atom. The van der Waals surface area contributed by atoms with Gasteiger partial charge in [0, 0.05) is 6.54 Å². The van der Waals surface area contributed by atoms with Crippen molar-refractivity contribution >= 4 is 29.5 Å². The van der Waals surface area contributed by atoms with Crippen molar-refractivity contribution in [2.75, 3.05) is 20.3 Å². The Labute approximate surface area is 128 Å². The molecule has 4 N–H and O–H groups in total. The number of amides is 1. The summed E-state index contributed by atoms with van der Waals surface area (Å²) in [5, 5.41) is 7.35. The highest BCUT2D eigenvalue weighted by molar-refractivity contribution is 7.80. The number of nitrogens with two attached hydrogens (primary N) is 1. The number of benzene rings is 1. The zero-order valence-corrected chi connectivity index (χ0v) is 12.7. The molecular formula is C13H18N4O3S. The molecule has 1 aromatic carbocycles. The molecule has 1 aromatic rings. The third-order valence-electron chi connectivity index (χ3n) is 2.27. The lowest BCUT2D eigenvalue weighted by Crippen LogP contribution is -2.31. The first-order valence-corrected chi connectivity index (χ1v) is 6.63. The lowest BCUT2D eigenvalue weighted by molar-refractivity contribution is -0.119.